The summed E-state index contributed by atoms with van der Waals surface area (Å²) < 4.78 is 26.3. The molecule has 6 rings (SSSR count). The fraction of sp³-hybridized carbons (Fsp3) is 0.500. The van der Waals surface area contributed by atoms with Gasteiger partial charge < -0.3 is 4.90 Å². The summed E-state index contributed by atoms with van der Waals surface area (Å²) in [6.45, 7) is 2.19. The Balaban J connectivity index is 1.59. The number of allylic oxidation sites excluding steroid dienone is 2. The van der Waals surface area contributed by atoms with Gasteiger partial charge in [-0.1, -0.05) is 6.08 Å². The van der Waals surface area contributed by atoms with Crippen LogP contribution in [0.5, 0.6) is 0 Å². The van der Waals surface area contributed by atoms with Crippen molar-refractivity contribution in [2.75, 3.05) is 27.2 Å². The first-order valence-corrected chi connectivity index (χ1v) is 12.0. The monoisotopic (exact) mass is 412 g/mol. The van der Waals surface area contributed by atoms with Gasteiger partial charge in [-0.25, -0.2) is 8.42 Å². The summed E-state index contributed by atoms with van der Waals surface area (Å²) in [5.74, 6) is 0. The van der Waals surface area contributed by atoms with Crippen LogP contribution in [0.4, 0.5) is 5.69 Å². The first-order chi connectivity index (χ1) is 13.9. The zero-order valence-electron chi connectivity index (χ0n) is 17.0. The summed E-state index contributed by atoms with van der Waals surface area (Å²) in [7, 11) is 0.901. The maximum atomic E-state index is 13.1. The molecule has 1 aromatic rings. The van der Waals surface area contributed by atoms with E-state index in [-0.39, 0.29) is 0 Å². The van der Waals surface area contributed by atoms with E-state index in [1.165, 1.54) is 12.8 Å². The van der Waals surface area contributed by atoms with E-state index in [9.17, 15) is 8.42 Å². The minimum atomic E-state index is -3.48. The number of sulfone groups is 1. The molecule has 6 nitrogen and oxygen atoms in total. The zero-order valence-corrected chi connectivity index (χ0v) is 17.8. The second-order valence-corrected chi connectivity index (χ2v) is 10.6. The number of hydrogen-bond acceptors (Lipinski definition) is 6. The van der Waals surface area contributed by atoms with E-state index in [1.807, 2.05) is 18.2 Å². The molecule has 2 fully saturated rings. The lowest BCUT2D eigenvalue weighted by atomic mass is 10.1. The van der Waals surface area contributed by atoms with Crippen LogP contribution < -0.4 is 0 Å². The fourth-order valence-corrected chi connectivity index (χ4v) is 6.66. The number of hydrogen-bond donors (Lipinski definition) is 0. The van der Waals surface area contributed by atoms with E-state index in [0.29, 0.717) is 22.9 Å². The van der Waals surface area contributed by atoms with Crippen molar-refractivity contribution in [1.29, 1.82) is 0 Å². The Labute approximate surface area is 173 Å². The molecule has 1 aromatic carbocycles. The van der Waals surface area contributed by atoms with Crippen LogP contribution in [0, 0.1) is 0 Å². The molecule has 3 atom stereocenters. The number of likely N-dealkylation sites (tertiary alicyclic amines) is 2. The van der Waals surface area contributed by atoms with Crippen molar-refractivity contribution in [3.8, 4) is 0 Å². The van der Waals surface area contributed by atoms with Crippen molar-refractivity contribution in [2.45, 2.75) is 48.2 Å². The van der Waals surface area contributed by atoms with Gasteiger partial charge in [-0.2, -0.15) is 0 Å². The van der Waals surface area contributed by atoms with Crippen molar-refractivity contribution in [3.05, 3.63) is 48.2 Å². The van der Waals surface area contributed by atoms with Crippen LogP contribution in [-0.2, 0) is 9.84 Å². The molecule has 4 aliphatic heterocycles. The Bertz CT molecular complexity index is 976. The Morgan fingerprint density at radius 2 is 1.62 bits per heavy atom. The third kappa shape index (κ3) is 3.16. The topological polar surface area (TPSA) is 56.2 Å². The van der Waals surface area contributed by atoms with Crippen molar-refractivity contribution < 1.29 is 8.42 Å². The average Bonchev–Trinajstić information content (AvgIpc) is 3.31. The van der Waals surface area contributed by atoms with Crippen molar-refractivity contribution in [2.24, 2.45) is 4.99 Å². The molecule has 5 aliphatic rings. The van der Waals surface area contributed by atoms with Crippen molar-refractivity contribution in [1.82, 2.24) is 14.7 Å². The van der Waals surface area contributed by atoms with Gasteiger partial charge in [-0.3, -0.25) is 14.8 Å². The van der Waals surface area contributed by atoms with Gasteiger partial charge in [0.05, 0.1) is 28.6 Å². The summed E-state index contributed by atoms with van der Waals surface area (Å²) in [5, 5.41) is -0.712. The minimum Gasteiger partial charge on any atom is -0.340 e. The third-order valence-electron chi connectivity index (χ3n) is 6.69. The maximum Gasteiger partial charge on any atom is 0.190 e. The predicted molar refractivity (Wildman–Crippen MR) is 115 cm³/mol. The quantitative estimate of drug-likeness (QED) is 0.764. The highest BCUT2D eigenvalue weighted by Crippen LogP contribution is 2.35. The van der Waals surface area contributed by atoms with E-state index >= 15 is 0 Å². The first kappa shape index (κ1) is 19.0. The summed E-state index contributed by atoms with van der Waals surface area (Å²) in [5.41, 5.74) is 2.50. The van der Waals surface area contributed by atoms with Gasteiger partial charge in [0.25, 0.3) is 0 Å². The largest absolute Gasteiger partial charge is 0.340 e. The fourth-order valence-electron chi connectivity index (χ4n) is 5.12. The van der Waals surface area contributed by atoms with Crippen molar-refractivity contribution >= 4 is 21.2 Å². The molecule has 0 aromatic heterocycles. The van der Waals surface area contributed by atoms with Gasteiger partial charge in [-0.05, 0) is 89.3 Å². The van der Waals surface area contributed by atoms with Crippen LogP contribution in [0.2, 0.25) is 0 Å². The van der Waals surface area contributed by atoms with Crippen LogP contribution in [0.3, 0.4) is 0 Å². The maximum absolute atomic E-state index is 13.1. The van der Waals surface area contributed by atoms with Crippen LogP contribution in [0.1, 0.15) is 25.7 Å². The van der Waals surface area contributed by atoms with Crippen LogP contribution in [0.25, 0.3) is 0 Å². The summed E-state index contributed by atoms with van der Waals surface area (Å²) >= 11 is 0. The molecule has 3 unspecified atom stereocenters. The SMILES string of the molecule is CN1CCCC1N(C1=CC2=Nc3ccc(cc3)S(=O)(=O)C2C=C1)C1CCCN1C. The molecule has 0 radical (unpaired) electrons. The van der Waals surface area contributed by atoms with Gasteiger partial charge in [0.2, 0.25) is 0 Å². The summed E-state index contributed by atoms with van der Waals surface area (Å²) in [4.78, 5) is 12.4. The lowest BCUT2D eigenvalue weighted by Crippen LogP contribution is -2.52. The van der Waals surface area contributed by atoms with E-state index in [1.54, 1.807) is 24.3 Å². The van der Waals surface area contributed by atoms with Gasteiger partial charge in [0, 0.05) is 5.70 Å². The summed E-state index contributed by atoms with van der Waals surface area (Å²) in [6, 6.07) is 6.89. The molecule has 0 N–H and O–H groups in total. The second kappa shape index (κ2) is 7.07. The molecule has 7 heteroatoms. The molecule has 4 heterocycles. The van der Waals surface area contributed by atoms with Gasteiger partial charge in [0.1, 0.15) is 5.25 Å². The average molecular weight is 413 g/mol. The van der Waals surface area contributed by atoms with Gasteiger partial charge in [-0.15, -0.1) is 0 Å². The highest BCUT2D eigenvalue weighted by atomic mass is 32.2. The summed E-state index contributed by atoms with van der Waals surface area (Å²) in [6.07, 6.45) is 11.1. The van der Waals surface area contributed by atoms with E-state index in [2.05, 4.69) is 28.8 Å². The lowest BCUT2D eigenvalue weighted by Gasteiger charge is -2.43. The molecule has 2 bridgehead atoms. The van der Waals surface area contributed by atoms with Gasteiger partial charge >= 0.3 is 0 Å². The van der Waals surface area contributed by atoms with Crippen LogP contribution >= 0.6 is 0 Å². The number of aliphatic imine (C=N–C) groups is 1. The van der Waals surface area contributed by atoms with E-state index in [0.717, 1.165) is 37.3 Å². The molecule has 154 valence electrons. The molecule has 0 spiro atoms. The lowest BCUT2D eigenvalue weighted by molar-refractivity contribution is 0.0345. The highest BCUT2D eigenvalue weighted by molar-refractivity contribution is 7.93. The first-order valence-electron chi connectivity index (χ1n) is 10.5. The number of benzene rings is 1. The van der Waals surface area contributed by atoms with E-state index < -0.39 is 15.1 Å². The van der Waals surface area contributed by atoms with Gasteiger partial charge in [0.15, 0.2) is 9.84 Å². The molecule has 29 heavy (non-hydrogen) atoms. The van der Waals surface area contributed by atoms with Crippen LogP contribution in [0.15, 0.2) is 58.1 Å². The molecule has 0 saturated carbocycles. The van der Waals surface area contributed by atoms with E-state index in [4.69, 9.17) is 4.99 Å². The smallest absolute Gasteiger partial charge is 0.190 e. The highest BCUT2D eigenvalue weighted by Gasteiger charge is 2.39. The Hall–Kier alpha value is -1.96. The molecule has 0 amide bonds. The molecule has 1 aliphatic carbocycles. The van der Waals surface area contributed by atoms with Crippen molar-refractivity contribution in [3.63, 3.8) is 0 Å². The number of fused-ring (bicyclic) bond motifs is 2. The molecule has 2 saturated heterocycles. The standard InChI is InChI=1S/C22H28N4O2S/c1-24-13-3-5-21(24)26(22-6-4-14-25(22)2)17-9-12-20-19(15-17)23-16-7-10-18(11-8-16)29(20,27)28/h7-12,15,20-22H,3-6,13-14H2,1-2H3. The van der Waals surface area contributed by atoms with Crippen LogP contribution in [-0.4, -0.2) is 73.6 Å². The predicted octanol–water partition coefficient (Wildman–Crippen LogP) is 2.77. The number of nitrogens with zero attached hydrogens (tertiary/aromatic N) is 4. The Kier molecular flexibility index (Phi) is 4.64. The minimum absolute atomic E-state index is 0.331. The zero-order chi connectivity index (χ0) is 20.2. The Morgan fingerprint density at radius 1 is 1.00 bits per heavy atom. The molecular formula is C22H28N4O2S. The number of rotatable bonds is 3. The normalized spacial score (nSPS) is 31.2. The second-order valence-electron chi connectivity index (χ2n) is 8.54. The third-order valence-corrected chi connectivity index (χ3v) is 8.69. The molecular weight excluding hydrogens is 384 g/mol. The Morgan fingerprint density at radius 3 is 2.17 bits per heavy atom.